The number of anilines is 1. The minimum Gasteiger partial charge on any atom is -0.325 e. The number of aryl methyl sites for hydroxylation is 1. The smallest absolute Gasteiger partial charge is 0.234 e. The Morgan fingerprint density at radius 3 is 2.63 bits per heavy atom. The summed E-state index contributed by atoms with van der Waals surface area (Å²) in [5.74, 6) is 0.108. The van der Waals surface area contributed by atoms with Crippen molar-refractivity contribution in [1.29, 1.82) is 0 Å². The number of thioether (sulfide) groups is 1. The average Bonchev–Trinajstić information content (AvgIpc) is 3.15. The first-order valence-electron chi connectivity index (χ1n) is 9.13. The van der Waals surface area contributed by atoms with Crippen LogP contribution in [0.1, 0.15) is 5.69 Å². The highest BCUT2D eigenvalue weighted by Crippen LogP contribution is 2.34. The van der Waals surface area contributed by atoms with Gasteiger partial charge in [-0.05, 0) is 37.3 Å². The summed E-state index contributed by atoms with van der Waals surface area (Å²) >= 11 is 8.86. The zero-order valence-electron chi connectivity index (χ0n) is 16.0. The molecule has 0 radical (unpaired) electrons. The van der Waals surface area contributed by atoms with Gasteiger partial charge in [0.25, 0.3) is 0 Å². The lowest BCUT2D eigenvalue weighted by Gasteiger charge is -2.05. The molecule has 2 aromatic heterocycles. The Balaban J connectivity index is 1.40. The van der Waals surface area contributed by atoms with Crippen LogP contribution in [0.25, 0.3) is 21.1 Å². The van der Waals surface area contributed by atoms with Crippen LogP contribution in [0, 0.1) is 6.92 Å². The van der Waals surface area contributed by atoms with Crippen LogP contribution in [-0.2, 0) is 4.79 Å². The first-order valence-corrected chi connectivity index (χ1v) is 11.3. The van der Waals surface area contributed by atoms with Gasteiger partial charge in [-0.3, -0.25) is 4.79 Å². The Morgan fingerprint density at radius 2 is 1.90 bits per heavy atom. The van der Waals surface area contributed by atoms with Crippen molar-refractivity contribution in [3.05, 3.63) is 77.4 Å². The van der Waals surface area contributed by atoms with E-state index in [0.29, 0.717) is 15.7 Å². The third kappa shape index (κ3) is 5.05. The second-order valence-electron chi connectivity index (χ2n) is 6.40. The third-order valence-corrected chi connectivity index (χ3v) is 6.53. The minimum absolute atomic E-state index is 0.126. The van der Waals surface area contributed by atoms with Crippen LogP contribution >= 0.6 is 34.7 Å². The van der Waals surface area contributed by atoms with E-state index in [1.54, 1.807) is 35.6 Å². The first kappa shape index (κ1) is 20.5. The quantitative estimate of drug-likeness (QED) is 0.365. The van der Waals surface area contributed by atoms with Crippen molar-refractivity contribution in [1.82, 2.24) is 15.2 Å². The number of rotatable bonds is 6. The normalized spacial score (nSPS) is 10.7. The first-order chi connectivity index (χ1) is 14.6. The molecule has 0 spiro atoms. The number of hydrogen-bond donors (Lipinski definition) is 1. The Bertz CT molecular complexity index is 1160. The highest BCUT2D eigenvalue weighted by Gasteiger charge is 2.13. The number of nitrogens with one attached hydrogen (secondary N) is 1. The van der Waals surface area contributed by atoms with Gasteiger partial charge in [0.05, 0.1) is 16.3 Å². The molecule has 2 aromatic carbocycles. The largest absolute Gasteiger partial charge is 0.325 e. The van der Waals surface area contributed by atoms with E-state index in [4.69, 9.17) is 11.6 Å². The Morgan fingerprint density at radius 1 is 1.07 bits per heavy atom. The summed E-state index contributed by atoms with van der Waals surface area (Å²) in [7, 11) is 0. The summed E-state index contributed by atoms with van der Waals surface area (Å²) in [5.41, 5.74) is 3.46. The van der Waals surface area contributed by atoms with Crippen LogP contribution in [0.15, 0.2) is 71.8 Å². The Hall–Kier alpha value is -2.74. The van der Waals surface area contributed by atoms with Gasteiger partial charge in [0.2, 0.25) is 5.91 Å². The van der Waals surface area contributed by atoms with E-state index in [2.05, 4.69) is 20.5 Å². The van der Waals surface area contributed by atoms with Gasteiger partial charge in [-0.15, -0.1) is 21.5 Å². The summed E-state index contributed by atoms with van der Waals surface area (Å²) in [6, 6.07) is 20.9. The summed E-state index contributed by atoms with van der Waals surface area (Å²) in [6.07, 6.45) is 0. The van der Waals surface area contributed by atoms with Gasteiger partial charge in [0, 0.05) is 16.3 Å². The highest BCUT2D eigenvalue weighted by molar-refractivity contribution is 7.99. The number of carbonyl (C=O) groups excluding carboxylic acids is 1. The standard InChI is InChI=1S/C22H17ClN4OS2/c1-14-21(30-22(24-14)15-6-3-2-4-7-15)18-10-11-20(27-26-18)29-13-19(28)25-17-9-5-8-16(23)12-17/h2-12H,13H2,1H3,(H,25,28). The molecule has 4 rings (SSSR count). The van der Waals surface area contributed by atoms with Gasteiger partial charge >= 0.3 is 0 Å². The molecule has 0 saturated carbocycles. The zero-order chi connectivity index (χ0) is 20.9. The molecule has 0 aliphatic rings. The molecule has 0 fully saturated rings. The molecule has 8 heteroatoms. The molecule has 2 heterocycles. The molecule has 0 saturated heterocycles. The van der Waals surface area contributed by atoms with Gasteiger partial charge in [0.1, 0.15) is 15.7 Å². The SMILES string of the molecule is Cc1nc(-c2ccccc2)sc1-c1ccc(SCC(=O)Nc2cccc(Cl)c2)nn1. The van der Waals surface area contributed by atoms with Crippen molar-refractivity contribution >= 4 is 46.3 Å². The van der Waals surface area contributed by atoms with Crippen molar-refractivity contribution in [3.63, 3.8) is 0 Å². The van der Waals surface area contributed by atoms with Crippen LogP contribution in [0.3, 0.4) is 0 Å². The fraction of sp³-hybridized carbons (Fsp3) is 0.0909. The fourth-order valence-electron chi connectivity index (χ4n) is 2.76. The van der Waals surface area contributed by atoms with Crippen LogP contribution in [0.2, 0.25) is 5.02 Å². The third-order valence-electron chi connectivity index (χ3n) is 4.15. The lowest BCUT2D eigenvalue weighted by Crippen LogP contribution is -2.14. The van der Waals surface area contributed by atoms with Crippen molar-refractivity contribution in [2.45, 2.75) is 11.9 Å². The molecule has 0 unspecified atom stereocenters. The molecule has 0 atom stereocenters. The van der Waals surface area contributed by atoms with Crippen molar-refractivity contribution in [3.8, 4) is 21.1 Å². The molecule has 0 aliphatic heterocycles. The maximum absolute atomic E-state index is 12.1. The van der Waals surface area contributed by atoms with Gasteiger partial charge in [-0.1, -0.05) is 59.8 Å². The van der Waals surface area contributed by atoms with Crippen LogP contribution in [-0.4, -0.2) is 26.8 Å². The highest BCUT2D eigenvalue weighted by atomic mass is 35.5. The predicted molar refractivity (Wildman–Crippen MR) is 124 cm³/mol. The molecule has 1 amide bonds. The van der Waals surface area contributed by atoms with Crippen LogP contribution < -0.4 is 5.32 Å². The average molecular weight is 453 g/mol. The lowest BCUT2D eigenvalue weighted by molar-refractivity contribution is -0.113. The van der Waals surface area contributed by atoms with Gasteiger partial charge in [-0.25, -0.2) is 4.98 Å². The molecule has 0 bridgehead atoms. The number of aromatic nitrogens is 3. The number of thiazole rings is 1. The topological polar surface area (TPSA) is 67.8 Å². The second-order valence-corrected chi connectivity index (χ2v) is 8.83. The van der Waals surface area contributed by atoms with E-state index >= 15 is 0 Å². The zero-order valence-corrected chi connectivity index (χ0v) is 18.4. The van der Waals surface area contributed by atoms with E-state index < -0.39 is 0 Å². The Kier molecular flexibility index (Phi) is 6.42. The van der Waals surface area contributed by atoms with E-state index in [1.165, 1.54) is 11.8 Å². The number of nitrogens with zero attached hydrogens (tertiary/aromatic N) is 3. The van der Waals surface area contributed by atoms with E-state index in [0.717, 1.165) is 26.8 Å². The molecular weight excluding hydrogens is 436 g/mol. The van der Waals surface area contributed by atoms with Gasteiger partial charge in [0.15, 0.2) is 0 Å². The molecular formula is C22H17ClN4OS2. The van der Waals surface area contributed by atoms with E-state index in [-0.39, 0.29) is 11.7 Å². The lowest BCUT2D eigenvalue weighted by atomic mass is 10.2. The molecule has 1 N–H and O–H groups in total. The van der Waals surface area contributed by atoms with Gasteiger partial charge in [-0.2, -0.15) is 0 Å². The maximum atomic E-state index is 12.1. The Labute approximate surface area is 187 Å². The summed E-state index contributed by atoms with van der Waals surface area (Å²) < 4.78 is 0. The molecule has 150 valence electrons. The number of benzene rings is 2. The molecule has 4 aromatic rings. The molecule has 30 heavy (non-hydrogen) atoms. The van der Waals surface area contributed by atoms with Crippen molar-refractivity contribution < 1.29 is 4.79 Å². The van der Waals surface area contributed by atoms with Gasteiger partial charge < -0.3 is 5.32 Å². The van der Waals surface area contributed by atoms with Crippen LogP contribution in [0.4, 0.5) is 5.69 Å². The van der Waals surface area contributed by atoms with E-state index in [9.17, 15) is 4.79 Å². The summed E-state index contributed by atoms with van der Waals surface area (Å²) in [4.78, 5) is 17.8. The second kappa shape index (κ2) is 9.38. The predicted octanol–water partition coefficient (Wildman–Crippen LogP) is 5.96. The molecule has 5 nitrogen and oxygen atoms in total. The summed E-state index contributed by atoms with van der Waals surface area (Å²) in [5, 5.41) is 13.6. The number of hydrogen-bond acceptors (Lipinski definition) is 6. The maximum Gasteiger partial charge on any atom is 0.234 e. The van der Waals surface area contributed by atoms with Crippen molar-refractivity contribution in [2.24, 2.45) is 0 Å². The summed E-state index contributed by atoms with van der Waals surface area (Å²) in [6.45, 7) is 1.97. The number of amides is 1. The fourth-order valence-corrected chi connectivity index (χ4v) is 4.60. The number of carbonyl (C=O) groups is 1. The van der Waals surface area contributed by atoms with Crippen molar-refractivity contribution in [2.75, 3.05) is 11.1 Å². The van der Waals surface area contributed by atoms with E-state index in [1.807, 2.05) is 49.4 Å². The molecule has 0 aliphatic carbocycles. The minimum atomic E-state index is -0.126. The number of halogens is 1. The van der Waals surface area contributed by atoms with Crippen LogP contribution in [0.5, 0.6) is 0 Å². The monoisotopic (exact) mass is 452 g/mol.